The number of para-hydroxylation sites is 1. The number of ether oxygens (including phenoxy) is 1. The van der Waals surface area contributed by atoms with E-state index in [1.165, 1.54) is 11.8 Å². The van der Waals surface area contributed by atoms with Gasteiger partial charge in [0.15, 0.2) is 16.7 Å². The average molecular weight is 451 g/mol. The molecule has 3 heterocycles. The van der Waals surface area contributed by atoms with Crippen LogP contribution in [0.4, 0.5) is 0 Å². The van der Waals surface area contributed by atoms with Gasteiger partial charge >= 0.3 is 0 Å². The van der Waals surface area contributed by atoms with E-state index in [2.05, 4.69) is 14.8 Å². The summed E-state index contributed by atoms with van der Waals surface area (Å²) in [7, 11) is 1.70. The Balaban J connectivity index is 1.56. The van der Waals surface area contributed by atoms with Gasteiger partial charge in [0, 0.05) is 42.9 Å². The Bertz CT molecular complexity index is 1180. The van der Waals surface area contributed by atoms with Crippen LogP contribution in [0.3, 0.4) is 0 Å². The van der Waals surface area contributed by atoms with Gasteiger partial charge in [0.25, 0.3) is 0 Å². The minimum atomic E-state index is 0.0725. The van der Waals surface area contributed by atoms with E-state index in [0.29, 0.717) is 23.3 Å². The molecule has 32 heavy (non-hydrogen) atoms. The molecule has 8 heteroatoms. The summed E-state index contributed by atoms with van der Waals surface area (Å²) in [6.45, 7) is 5.56. The number of rotatable bonds is 10. The molecule has 0 unspecified atom stereocenters. The molecule has 4 aromatic rings. The fourth-order valence-corrected chi connectivity index (χ4v) is 4.58. The zero-order valence-electron chi connectivity index (χ0n) is 18.4. The van der Waals surface area contributed by atoms with Crippen molar-refractivity contribution in [3.05, 3.63) is 71.7 Å². The lowest BCUT2D eigenvalue weighted by atomic mass is 10.2. The number of nitrogens with zero attached hydrogens (tertiary/aromatic N) is 4. The number of carbonyl (C=O) groups excluding carboxylic acids is 1. The molecule has 4 rings (SSSR count). The second kappa shape index (κ2) is 10.0. The summed E-state index contributed by atoms with van der Waals surface area (Å²) in [5, 5.41) is 9.33. The first kappa shape index (κ1) is 22.1. The van der Waals surface area contributed by atoms with Crippen LogP contribution in [0.25, 0.3) is 17.3 Å². The summed E-state index contributed by atoms with van der Waals surface area (Å²) in [4.78, 5) is 13.1. The van der Waals surface area contributed by atoms with Gasteiger partial charge in [-0.15, -0.1) is 10.2 Å². The quantitative estimate of drug-likeness (QED) is 0.193. The van der Waals surface area contributed by atoms with Crippen LogP contribution in [0.2, 0.25) is 0 Å². The van der Waals surface area contributed by atoms with Gasteiger partial charge in [-0.05, 0) is 50.6 Å². The monoisotopic (exact) mass is 450 g/mol. The topological polar surface area (TPSA) is 75.1 Å². The third kappa shape index (κ3) is 4.56. The predicted octanol–water partition coefficient (Wildman–Crippen LogP) is 4.96. The van der Waals surface area contributed by atoms with Crippen LogP contribution in [0, 0.1) is 13.8 Å². The highest BCUT2D eigenvalue weighted by atomic mass is 32.2. The third-order valence-electron chi connectivity index (χ3n) is 5.33. The van der Waals surface area contributed by atoms with Gasteiger partial charge < -0.3 is 13.7 Å². The van der Waals surface area contributed by atoms with Crippen molar-refractivity contribution < 1.29 is 13.9 Å². The standard InChI is InChI=1S/C24H26N4O3S/c1-17-15-20(18(2)27(17)12-8-13-30-3)21(29)16-32-24-26-25-23(22-11-7-14-31-22)28(24)19-9-5-4-6-10-19/h4-7,9-11,14-15H,8,12-13,16H2,1-3H3. The molecule has 0 bridgehead atoms. The minimum Gasteiger partial charge on any atom is -0.461 e. The van der Waals surface area contributed by atoms with Gasteiger partial charge in [-0.1, -0.05) is 30.0 Å². The van der Waals surface area contributed by atoms with E-state index >= 15 is 0 Å². The second-order valence-corrected chi connectivity index (χ2v) is 8.39. The molecule has 0 atom stereocenters. The molecule has 0 fully saturated rings. The van der Waals surface area contributed by atoms with Gasteiger partial charge in [0.1, 0.15) is 0 Å². The van der Waals surface area contributed by atoms with Gasteiger partial charge in [0.2, 0.25) is 5.82 Å². The van der Waals surface area contributed by atoms with Crippen molar-refractivity contribution in [3.63, 3.8) is 0 Å². The highest BCUT2D eigenvalue weighted by molar-refractivity contribution is 7.99. The molecule has 0 saturated heterocycles. The SMILES string of the molecule is COCCCn1c(C)cc(C(=O)CSc2nnc(-c3ccco3)n2-c2ccccc2)c1C. The number of hydrogen-bond donors (Lipinski definition) is 0. The molecular formula is C24H26N4O3S. The summed E-state index contributed by atoms with van der Waals surface area (Å²) >= 11 is 1.38. The van der Waals surface area contributed by atoms with Crippen LogP contribution in [0.15, 0.2) is 64.4 Å². The van der Waals surface area contributed by atoms with Gasteiger partial charge in [-0.3, -0.25) is 9.36 Å². The summed E-state index contributed by atoms with van der Waals surface area (Å²) < 4.78 is 14.8. The first-order chi connectivity index (χ1) is 15.6. The predicted molar refractivity (Wildman–Crippen MR) is 125 cm³/mol. The van der Waals surface area contributed by atoms with E-state index in [1.54, 1.807) is 13.4 Å². The van der Waals surface area contributed by atoms with Gasteiger partial charge in [-0.2, -0.15) is 0 Å². The van der Waals surface area contributed by atoms with E-state index in [-0.39, 0.29) is 11.5 Å². The lowest BCUT2D eigenvalue weighted by Crippen LogP contribution is -2.08. The number of hydrogen-bond acceptors (Lipinski definition) is 6. The molecule has 1 aromatic carbocycles. The van der Waals surface area contributed by atoms with Crippen LogP contribution < -0.4 is 0 Å². The Morgan fingerprint density at radius 1 is 1.12 bits per heavy atom. The number of thioether (sulfide) groups is 1. The third-order valence-corrected chi connectivity index (χ3v) is 6.25. The molecule has 0 N–H and O–H groups in total. The zero-order valence-corrected chi connectivity index (χ0v) is 19.3. The van der Waals surface area contributed by atoms with Crippen molar-refractivity contribution in [1.82, 2.24) is 19.3 Å². The van der Waals surface area contributed by atoms with Crippen LogP contribution in [0.1, 0.15) is 28.2 Å². The molecule has 0 saturated carbocycles. The fourth-order valence-electron chi connectivity index (χ4n) is 3.74. The maximum absolute atomic E-state index is 13.1. The van der Waals surface area contributed by atoms with Crippen molar-refractivity contribution in [3.8, 4) is 17.3 Å². The smallest absolute Gasteiger partial charge is 0.205 e. The number of carbonyl (C=O) groups is 1. The number of aromatic nitrogens is 4. The summed E-state index contributed by atoms with van der Waals surface area (Å²) in [6, 6.07) is 15.5. The van der Waals surface area contributed by atoms with E-state index < -0.39 is 0 Å². The Kier molecular flexibility index (Phi) is 6.92. The summed E-state index contributed by atoms with van der Waals surface area (Å²) in [5.74, 6) is 1.57. The first-order valence-electron chi connectivity index (χ1n) is 10.5. The van der Waals surface area contributed by atoms with Crippen molar-refractivity contribution in [2.45, 2.75) is 32.0 Å². The van der Waals surface area contributed by atoms with Crippen molar-refractivity contribution in [2.24, 2.45) is 0 Å². The average Bonchev–Trinajstić information content (AvgIpc) is 3.53. The number of Topliss-reactive ketones (excluding diaryl/α,β-unsaturated/α-hetero) is 1. The highest BCUT2D eigenvalue weighted by Crippen LogP contribution is 2.29. The number of methoxy groups -OCH3 is 1. The molecule has 166 valence electrons. The Morgan fingerprint density at radius 3 is 2.66 bits per heavy atom. The lowest BCUT2D eigenvalue weighted by molar-refractivity contribution is 0.102. The van der Waals surface area contributed by atoms with Crippen molar-refractivity contribution >= 4 is 17.5 Å². The molecule has 0 amide bonds. The van der Waals surface area contributed by atoms with Crippen LogP contribution in [-0.2, 0) is 11.3 Å². The lowest BCUT2D eigenvalue weighted by Gasteiger charge is -2.10. The minimum absolute atomic E-state index is 0.0725. The molecule has 7 nitrogen and oxygen atoms in total. The largest absolute Gasteiger partial charge is 0.461 e. The maximum Gasteiger partial charge on any atom is 0.205 e. The Hall–Kier alpha value is -3.10. The first-order valence-corrected chi connectivity index (χ1v) is 11.4. The summed E-state index contributed by atoms with van der Waals surface area (Å²) in [5.41, 5.74) is 3.74. The Morgan fingerprint density at radius 2 is 1.94 bits per heavy atom. The van der Waals surface area contributed by atoms with Crippen LogP contribution in [-0.4, -0.2) is 44.6 Å². The van der Waals surface area contributed by atoms with Gasteiger partial charge in [-0.25, -0.2) is 0 Å². The number of aryl methyl sites for hydroxylation is 1. The Labute approximate surface area is 191 Å². The molecule has 0 aliphatic heterocycles. The molecule has 0 aliphatic carbocycles. The number of furan rings is 1. The van der Waals surface area contributed by atoms with Crippen molar-refractivity contribution in [2.75, 3.05) is 19.5 Å². The van der Waals surface area contributed by atoms with E-state index in [4.69, 9.17) is 9.15 Å². The molecule has 0 aliphatic rings. The van der Waals surface area contributed by atoms with E-state index in [9.17, 15) is 4.79 Å². The molecule has 3 aromatic heterocycles. The maximum atomic E-state index is 13.1. The number of benzene rings is 1. The van der Waals surface area contributed by atoms with Crippen LogP contribution in [0.5, 0.6) is 0 Å². The van der Waals surface area contributed by atoms with Crippen molar-refractivity contribution in [1.29, 1.82) is 0 Å². The fraction of sp³-hybridized carbons (Fsp3) is 0.292. The van der Waals surface area contributed by atoms with E-state index in [0.717, 1.165) is 35.6 Å². The zero-order chi connectivity index (χ0) is 22.5. The van der Waals surface area contributed by atoms with E-state index in [1.807, 2.05) is 66.9 Å². The molecule has 0 radical (unpaired) electrons. The summed E-state index contributed by atoms with van der Waals surface area (Å²) in [6.07, 6.45) is 2.52. The van der Waals surface area contributed by atoms with Crippen LogP contribution >= 0.6 is 11.8 Å². The molecular weight excluding hydrogens is 424 g/mol. The molecule has 0 spiro atoms. The second-order valence-electron chi connectivity index (χ2n) is 7.45. The van der Waals surface area contributed by atoms with Gasteiger partial charge in [0.05, 0.1) is 12.0 Å². The number of ketones is 1. The highest BCUT2D eigenvalue weighted by Gasteiger charge is 2.21. The normalized spacial score (nSPS) is 11.2.